The first-order chi connectivity index (χ1) is 8.56. The van der Waals surface area contributed by atoms with Crippen LogP contribution in [0.3, 0.4) is 0 Å². The van der Waals surface area contributed by atoms with Gasteiger partial charge in [0.2, 0.25) is 0 Å². The lowest BCUT2D eigenvalue weighted by atomic mass is 10.1. The lowest BCUT2D eigenvalue weighted by Gasteiger charge is -2.08. The maximum atomic E-state index is 13.2. The van der Waals surface area contributed by atoms with Gasteiger partial charge in [0.1, 0.15) is 23.6 Å². The topological polar surface area (TPSA) is 26.3 Å². The van der Waals surface area contributed by atoms with Crippen LogP contribution in [0.15, 0.2) is 36.4 Å². The van der Waals surface area contributed by atoms with Crippen molar-refractivity contribution >= 4 is 6.29 Å². The van der Waals surface area contributed by atoms with Gasteiger partial charge < -0.3 is 4.74 Å². The zero-order chi connectivity index (χ0) is 13.1. The maximum Gasteiger partial charge on any atom is 0.150 e. The molecular weight excluding hydrogens is 231 g/mol. The molecule has 0 atom stereocenters. The predicted molar refractivity (Wildman–Crippen MR) is 67.8 cm³/mol. The van der Waals surface area contributed by atoms with Crippen molar-refractivity contribution < 1.29 is 13.9 Å². The molecule has 2 nitrogen and oxygen atoms in total. The third-order valence-corrected chi connectivity index (χ3v) is 2.46. The first-order valence-electron chi connectivity index (χ1n) is 5.59. The Labute approximate surface area is 105 Å². The molecule has 0 aliphatic carbocycles. The molecule has 0 fully saturated rings. The lowest BCUT2D eigenvalue weighted by molar-refractivity contribution is 0.112. The molecule has 0 aliphatic heterocycles. The summed E-state index contributed by atoms with van der Waals surface area (Å²) < 4.78 is 18.8. The van der Waals surface area contributed by atoms with Gasteiger partial charge in [-0.05, 0) is 49.2 Å². The van der Waals surface area contributed by atoms with E-state index in [1.807, 2.05) is 32.0 Å². The van der Waals surface area contributed by atoms with Gasteiger partial charge in [-0.25, -0.2) is 4.39 Å². The molecule has 0 heterocycles. The van der Waals surface area contributed by atoms with Crippen molar-refractivity contribution in [2.75, 3.05) is 0 Å². The molecule has 0 bridgehead atoms. The van der Waals surface area contributed by atoms with E-state index in [2.05, 4.69) is 0 Å². The van der Waals surface area contributed by atoms with E-state index >= 15 is 0 Å². The molecule has 0 unspecified atom stereocenters. The molecule has 0 amide bonds. The molecule has 0 saturated heterocycles. The van der Waals surface area contributed by atoms with Crippen LogP contribution in [0.1, 0.15) is 21.5 Å². The van der Waals surface area contributed by atoms with Crippen LogP contribution in [0.25, 0.3) is 0 Å². The number of benzene rings is 2. The largest absolute Gasteiger partial charge is 0.457 e. The van der Waals surface area contributed by atoms with Crippen LogP contribution in [-0.4, -0.2) is 6.29 Å². The van der Waals surface area contributed by atoms with Crippen LogP contribution in [0.4, 0.5) is 4.39 Å². The number of rotatable bonds is 3. The van der Waals surface area contributed by atoms with Gasteiger partial charge >= 0.3 is 0 Å². The first kappa shape index (κ1) is 12.3. The number of ether oxygens (including phenoxy) is 1. The summed E-state index contributed by atoms with van der Waals surface area (Å²) >= 11 is 0. The number of aryl methyl sites for hydroxylation is 2. The SMILES string of the molecule is Cc1cc(C)cc(Oc2cc(F)cc(C=O)c2)c1. The van der Waals surface area contributed by atoms with E-state index in [9.17, 15) is 9.18 Å². The Bertz CT molecular complexity index is 571. The average Bonchev–Trinajstić information content (AvgIpc) is 2.26. The summed E-state index contributed by atoms with van der Waals surface area (Å²) in [5.74, 6) is 0.469. The van der Waals surface area contributed by atoms with Gasteiger partial charge in [0.25, 0.3) is 0 Å². The molecule has 0 saturated carbocycles. The Hall–Kier alpha value is -2.16. The summed E-state index contributed by atoms with van der Waals surface area (Å²) in [5, 5.41) is 0. The van der Waals surface area contributed by atoms with E-state index in [0.717, 1.165) is 11.1 Å². The van der Waals surface area contributed by atoms with Crippen LogP contribution < -0.4 is 4.74 Å². The maximum absolute atomic E-state index is 13.2. The van der Waals surface area contributed by atoms with Crippen molar-refractivity contribution in [3.8, 4) is 11.5 Å². The Morgan fingerprint density at radius 2 is 1.56 bits per heavy atom. The predicted octanol–water partition coefficient (Wildman–Crippen LogP) is 4.05. The van der Waals surface area contributed by atoms with E-state index in [0.29, 0.717) is 17.8 Å². The molecule has 2 rings (SSSR count). The summed E-state index contributed by atoms with van der Waals surface area (Å²) in [6, 6.07) is 9.67. The van der Waals surface area contributed by atoms with E-state index in [4.69, 9.17) is 4.74 Å². The number of carbonyl (C=O) groups excluding carboxylic acids is 1. The highest BCUT2D eigenvalue weighted by Gasteiger charge is 2.03. The molecule has 92 valence electrons. The Balaban J connectivity index is 2.33. The average molecular weight is 244 g/mol. The Kier molecular flexibility index (Phi) is 3.42. The number of halogens is 1. The summed E-state index contributed by atoms with van der Waals surface area (Å²) in [7, 11) is 0. The lowest BCUT2D eigenvalue weighted by Crippen LogP contribution is -1.90. The molecule has 3 heteroatoms. The number of hydrogen-bond acceptors (Lipinski definition) is 2. The second-order valence-electron chi connectivity index (χ2n) is 4.26. The van der Waals surface area contributed by atoms with E-state index in [1.165, 1.54) is 18.2 Å². The zero-order valence-corrected chi connectivity index (χ0v) is 10.2. The third-order valence-electron chi connectivity index (χ3n) is 2.46. The fourth-order valence-corrected chi connectivity index (χ4v) is 1.84. The van der Waals surface area contributed by atoms with E-state index in [-0.39, 0.29) is 5.56 Å². The highest BCUT2D eigenvalue weighted by atomic mass is 19.1. The van der Waals surface area contributed by atoms with E-state index < -0.39 is 5.82 Å². The molecular formula is C15H13FO2. The third kappa shape index (κ3) is 2.94. The van der Waals surface area contributed by atoms with Gasteiger partial charge in [-0.2, -0.15) is 0 Å². The van der Waals surface area contributed by atoms with Crippen LogP contribution in [0, 0.1) is 19.7 Å². The van der Waals surface area contributed by atoms with Gasteiger partial charge in [0.05, 0.1) is 0 Å². The van der Waals surface area contributed by atoms with Crippen molar-refractivity contribution in [2.24, 2.45) is 0 Å². The minimum Gasteiger partial charge on any atom is -0.457 e. The van der Waals surface area contributed by atoms with Crippen molar-refractivity contribution in [1.29, 1.82) is 0 Å². The quantitative estimate of drug-likeness (QED) is 0.761. The monoisotopic (exact) mass is 244 g/mol. The molecule has 0 aliphatic rings. The van der Waals surface area contributed by atoms with Gasteiger partial charge in [0.15, 0.2) is 0 Å². The second kappa shape index (κ2) is 5.00. The minimum atomic E-state index is -0.487. The molecule has 0 aromatic heterocycles. The standard InChI is InChI=1S/C15H13FO2/c1-10-3-11(2)5-14(4-10)18-15-7-12(9-17)6-13(16)8-15/h3-9H,1-2H3. The van der Waals surface area contributed by atoms with Crippen molar-refractivity contribution in [3.05, 3.63) is 58.9 Å². The normalized spacial score (nSPS) is 10.2. The fourth-order valence-electron chi connectivity index (χ4n) is 1.84. The number of hydrogen-bond donors (Lipinski definition) is 0. The molecule has 2 aromatic rings. The second-order valence-corrected chi connectivity index (χ2v) is 4.26. The Morgan fingerprint density at radius 3 is 2.17 bits per heavy atom. The van der Waals surface area contributed by atoms with Gasteiger partial charge in [-0.1, -0.05) is 6.07 Å². The molecule has 18 heavy (non-hydrogen) atoms. The first-order valence-corrected chi connectivity index (χ1v) is 5.59. The molecule has 0 N–H and O–H groups in total. The van der Waals surface area contributed by atoms with Crippen LogP contribution in [0.2, 0.25) is 0 Å². The highest BCUT2D eigenvalue weighted by molar-refractivity contribution is 5.75. The van der Waals surface area contributed by atoms with Gasteiger partial charge in [0, 0.05) is 11.6 Å². The van der Waals surface area contributed by atoms with Crippen LogP contribution >= 0.6 is 0 Å². The van der Waals surface area contributed by atoms with Crippen molar-refractivity contribution in [1.82, 2.24) is 0 Å². The summed E-state index contributed by atoms with van der Waals surface area (Å²) in [4.78, 5) is 10.6. The summed E-state index contributed by atoms with van der Waals surface area (Å²) in [6.07, 6.45) is 0.595. The number of aldehydes is 1. The van der Waals surface area contributed by atoms with E-state index in [1.54, 1.807) is 0 Å². The van der Waals surface area contributed by atoms with Crippen LogP contribution in [0.5, 0.6) is 11.5 Å². The molecule has 0 spiro atoms. The van der Waals surface area contributed by atoms with Gasteiger partial charge in [-0.3, -0.25) is 4.79 Å². The summed E-state index contributed by atoms with van der Waals surface area (Å²) in [5.41, 5.74) is 2.39. The minimum absolute atomic E-state index is 0.259. The zero-order valence-electron chi connectivity index (χ0n) is 10.2. The van der Waals surface area contributed by atoms with Crippen LogP contribution in [-0.2, 0) is 0 Å². The highest BCUT2D eigenvalue weighted by Crippen LogP contribution is 2.25. The van der Waals surface area contributed by atoms with Crippen molar-refractivity contribution in [2.45, 2.75) is 13.8 Å². The summed E-state index contributed by atoms with van der Waals surface area (Å²) in [6.45, 7) is 3.92. The van der Waals surface area contributed by atoms with Gasteiger partial charge in [-0.15, -0.1) is 0 Å². The fraction of sp³-hybridized carbons (Fsp3) is 0.133. The number of carbonyl (C=O) groups is 1. The molecule has 0 radical (unpaired) electrons. The smallest absolute Gasteiger partial charge is 0.150 e. The molecule has 2 aromatic carbocycles. The van der Waals surface area contributed by atoms with Crippen molar-refractivity contribution in [3.63, 3.8) is 0 Å². The Morgan fingerprint density at radius 1 is 0.944 bits per heavy atom.